The maximum absolute atomic E-state index is 13.3. The van der Waals surface area contributed by atoms with Gasteiger partial charge in [0, 0.05) is 39.7 Å². The van der Waals surface area contributed by atoms with E-state index in [1.54, 1.807) is 10.8 Å². The predicted molar refractivity (Wildman–Crippen MR) is 118 cm³/mol. The van der Waals surface area contributed by atoms with Gasteiger partial charge in [-0.15, -0.1) is 0 Å². The standard InChI is InChI=1S/C23H22Cl2N2O3/c1-30-23(29)17-14-27(21-8-3-2-5-16(17)21)22(28)15-9-11-26(12-10-15)13-18-19(24)6-4-7-20(18)25/h2-8,14-15H,9-13H2,1H3. The van der Waals surface area contributed by atoms with Crippen molar-refractivity contribution >= 4 is 46.0 Å². The van der Waals surface area contributed by atoms with E-state index < -0.39 is 5.97 Å². The number of likely N-dealkylation sites (tertiary alicyclic amines) is 1. The molecule has 1 aliphatic heterocycles. The summed E-state index contributed by atoms with van der Waals surface area (Å²) < 4.78 is 6.49. The number of aromatic nitrogens is 1. The Kier molecular flexibility index (Phi) is 6.14. The fourth-order valence-corrected chi connectivity index (χ4v) is 4.59. The van der Waals surface area contributed by atoms with Crippen LogP contribution in [0, 0.1) is 5.92 Å². The molecule has 1 saturated heterocycles. The largest absolute Gasteiger partial charge is 0.465 e. The number of ether oxygens (including phenoxy) is 1. The second-order valence-electron chi connectivity index (χ2n) is 7.51. The summed E-state index contributed by atoms with van der Waals surface area (Å²) in [5.41, 5.74) is 2.06. The molecule has 0 N–H and O–H groups in total. The van der Waals surface area contributed by atoms with Crippen molar-refractivity contribution in [3.05, 3.63) is 69.8 Å². The van der Waals surface area contributed by atoms with E-state index in [1.807, 2.05) is 42.5 Å². The van der Waals surface area contributed by atoms with E-state index in [0.29, 0.717) is 22.2 Å². The molecule has 3 aromatic rings. The molecule has 0 saturated carbocycles. The van der Waals surface area contributed by atoms with Crippen molar-refractivity contribution in [1.82, 2.24) is 9.47 Å². The molecule has 0 unspecified atom stereocenters. The van der Waals surface area contributed by atoms with Gasteiger partial charge in [0.2, 0.25) is 5.91 Å². The molecular weight excluding hydrogens is 423 g/mol. The highest BCUT2D eigenvalue weighted by atomic mass is 35.5. The van der Waals surface area contributed by atoms with Crippen LogP contribution in [0.2, 0.25) is 10.0 Å². The monoisotopic (exact) mass is 444 g/mol. The van der Waals surface area contributed by atoms with Crippen molar-refractivity contribution in [2.45, 2.75) is 19.4 Å². The lowest BCUT2D eigenvalue weighted by atomic mass is 9.95. The molecule has 1 aliphatic rings. The van der Waals surface area contributed by atoms with Gasteiger partial charge in [-0.3, -0.25) is 14.3 Å². The number of hydrogen-bond donors (Lipinski definition) is 0. The van der Waals surface area contributed by atoms with E-state index in [1.165, 1.54) is 7.11 Å². The van der Waals surface area contributed by atoms with Crippen LogP contribution in [0.5, 0.6) is 0 Å². The molecule has 0 spiro atoms. The summed E-state index contributed by atoms with van der Waals surface area (Å²) in [6.45, 7) is 2.22. The zero-order valence-corrected chi connectivity index (χ0v) is 18.1. The molecule has 156 valence electrons. The molecule has 1 aromatic heterocycles. The first kappa shape index (κ1) is 20.9. The number of carbonyl (C=O) groups excluding carboxylic acids is 2. The van der Waals surface area contributed by atoms with Gasteiger partial charge in [-0.2, -0.15) is 0 Å². The number of nitrogens with zero attached hydrogens (tertiary/aromatic N) is 2. The van der Waals surface area contributed by atoms with E-state index in [2.05, 4.69) is 4.90 Å². The summed E-state index contributed by atoms with van der Waals surface area (Å²) in [4.78, 5) is 27.7. The highest BCUT2D eigenvalue weighted by Gasteiger charge is 2.28. The first-order valence-corrected chi connectivity index (χ1v) is 10.6. The fourth-order valence-electron chi connectivity index (χ4n) is 4.08. The van der Waals surface area contributed by atoms with Crippen LogP contribution >= 0.6 is 23.2 Å². The quantitative estimate of drug-likeness (QED) is 0.513. The molecule has 0 bridgehead atoms. The van der Waals surface area contributed by atoms with E-state index >= 15 is 0 Å². The van der Waals surface area contributed by atoms with E-state index in [0.717, 1.165) is 42.4 Å². The Morgan fingerprint density at radius 1 is 1.03 bits per heavy atom. The first-order valence-electron chi connectivity index (χ1n) is 9.87. The lowest BCUT2D eigenvalue weighted by Crippen LogP contribution is -2.37. The Bertz CT molecular complexity index is 1080. The normalized spacial score (nSPS) is 15.4. The smallest absolute Gasteiger partial charge is 0.340 e. The summed E-state index contributed by atoms with van der Waals surface area (Å²) in [6, 6.07) is 12.9. The van der Waals surface area contributed by atoms with Gasteiger partial charge in [-0.05, 0) is 44.1 Å². The maximum atomic E-state index is 13.3. The van der Waals surface area contributed by atoms with Crippen molar-refractivity contribution in [2.24, 2.45) is 5.92 Å². The molecule has 0 aliphatic carbocycles. The van der Waals surface area contributed by atoms with Gasteiger partial charge < -0.3 is 4.74 Å². The predicted octanol–water partition coefficient (Wildman–Crippen LogP) is 5.29. The zero-order chi connectivity index (χ0) is 21.3. The second kappa shape index (κ2) is 8.80. The Morgan fingerprint density at radius 2 is 1.70 bits per heavy atom. The molecule has 2 heterocycles. The van der Waals surface area contributed by atoms with Gasteiger partial charge in [0.25, 0.3) is 0 Å². The zero-order valence-electron chi connectivity index (χ0n) is 16.6. The van der Waals surface area contributed by atoms with Crippen molar-refractivity contribution in [2.75, 3.05) is 20.2 Å². The number of piperidine rings is 1. The van der Waals surface area contributed by atoms with Gasteiger partial charge in [-0.1, -0.05) is 47.5 Å². The molecule has 5 nitrogen and oxygen atoms in total. The van der Waals surface area contributed by atoms with Crippen LogP contribution in [-0.2, 0) is 11.3 Å². The van der Waals surface area contributed by atoms with Gasteiger partial charge in [0.1, 0.15) is 0 Å². The van der Waals surface area contributed by atoms with E-state index in [-0.39, 0.29) is 11.8 Å². The third-order valence-electron chi connectivity index (χ3n) is 5.73. The molecule has 0 atom stereocenters. The number of halogens is 2. The minimum atomic E-state index is -0.441. The Morgan fingerprint density at radius 3 is 2.37 bits per heavy atom. The molecule has 4 rings (SSSR count). The van der Waals surface area contributed by atoms with Crippen LogP contribution in [0.15, 0.2) is 48.7 Å². The van der Waals surface area contributed by atoms with Gasteiger partial charge in [0.05, 0.1) is 18.2 Å². The summed E-state index contributed by atoms with van der Waals surface area (Å²) in [5.74, 6) is -0.537. The van der Waals surface area contributed by atoms with E-state index in [4.69, 9.17) is 27.9 Å². The van der Waals surface area contributed by atoms with Gasteiger partial charge in [-0.25, -0.2) is 4.79 Å². The third kappa shape index (κ3) is 3.97. The molecule has 7 heteroatoms. The fraction of sp³-hybridized carbons (Fsp3) is 0.304. The maximum Gasteiger partial charge on any atom is 0.340 e. The number of benzene rings is 2. The van der Waals surface area contributed by atoms with Crippen molar-refractivity contribution in [1.29, 1.82) is 0 Å². The Hall–Kier alpha value is -2.34. The summed E-state index contributed by atoms with van der Waals surface area (Å²) in [7, 11) is 1.34. The highest BCUT2D eigenvalue weighted by molar-refractivity contribution is 6.35. The van der Waals surface area contributed by atoms with Gasteiger partial charge >= 0.3 is 5.97 Å². The molecule has 30 heavy (non-hydrogen) atoms. The second-order valence-corrected chi connectivity index (χ2v) is 8.32. The topological polar surface area (TPSA) is 51.5 Å². The summed E-state index contributed by atoms with van der Waals surface area (Å²) >= 11 is 12.6. The van der Waals surface area contributed by atoms with Crippen molar-refractivity contribution < 1.29 is 14.3 Å². The molecular formula is C23H22Cl2N2O3. The lowest BCUT2D eigenvalue weighted by molar-refractivity contribution is 0.0603. The summed E-state index contributed by atoms with van der Waals surface area (Å²) in [5, 5.41) is 2.05. The van der Waals surface area contributed by atoms with Crippen LogP contribution < -0.4 is 0 Å². The number of hydrogen-bond acceptors (Lipinski definition) is 4. The number of fused-ring (bicyclic) bond motifs is 1. The number of esters is 1. The molecule has 1 fully saturated rings. The van der Waals surface area contributed by atoms with Crippen LogP contribution in [0.1, 0.15) is 33.6 Å². The minimum absolute atomic E-state index is 0.0109. The molecule has 0 amide bonds. The van der Waals surface area contributed by atoms with Crippen LogP contribution in [0.3, 0.4) is 0 Å². The third-order valence-corrected chi connectivity index (χ3v) is 6.44. The minimum Gasteiger partial charge on any atom is -0.465 e. The number of para-hydroxylation sites is 1. The summed E-state index contributed by atoms with van der Waals surface area (Å²) in [6.07, 6.45) is 3.08. The van der Waals surface area contributed by atoms with Crippen molar-refractivity contribution in [3.63, 3.8) is 0 Å². The molecule has 2 aromatic carbocycles. The Labute approximate surface area is 185 Å². The number of methoxy groups -OCH3 is 1. The van der Waals surface area contributed by atoms with Crippen LogP contribution in [0.25, 0.3) is 10.9 Å². The van der Waals surface area contributed by atoms with Crippen molar-refractivity contribution in [3.8, 4) is 0 Å². The van der Waals surface area contributed by atoms with Crippen LogP contribution in [-0.4, -0.2) is 41.5 Å². The number of carbonyl (C=O) groups is 2. The van der Waals surface area contributed by atoms with E-state index in [9.17, 15) is 9.59 Å². The highest BCUT2D eigenvalue weighted by Crippen LogP contribution is 2.29. The first-order chi connectivity index (χ1) is 14.5. The van der Waals surface area contributed by atoms with Gasteiger partial charge in [0.15, 0.2) is 0 Å². The average Bonchev–Trinajstić information content (AvgIpc) is 3.15. The lowest BCUT2D eigenvalue weighted by Gasteiger charge is -2.31. The Balaban J connectivity index is 1.49. The average molecular weight is 445 g/mol. The SMILES string of the molecule is COC(=O)c1cn(C(=O)C2CCN(Cc3c(Cl)cccc3Cl)CC2)c2ccccc12. The molecule has 0 radical (unpaired) electrons. The number of rotatable bonds is 4. The van der Waals surface area contributed by atoms with Crippen LogP contribution in [0.4, 0.5) is 0 Å².